The number of likely N-dealkylation sites (N-methyl/N-ethyl adjacent to an activating group) is 1. The van der Waals surface area contributed by atoms with Gasteiger partial charge in [0.05, 0.1) is 0 Å². The Hall–Kier alpha value is -0.540. The van der Waals surface area contributed by atoms with Gasteiger partial charge >= 0.3 is 0 Å². The molecule has 1 atom stereocenters. The van der Waals surface area contributed by atoms with Gasteiger partial charge in [0.15, 0.2) is 0 Å². The van der Waals surface area contributed by atoms with Gasteiger partial charge in [0.1, 0.15) is 0 Å². The zero-order valence-corrected chi connectivity index (χ0v) is 10.6. The first-order chi connectivity index (χ1) is 7.30. The minimum Gasteiger partial charge on any atom is -0.316 e. The summed E-state index contributed by atoms with van der Waals surface area (Å²) >= 11 is 1.87. The van der Waals surface area contributed by atoms with Crippen LogP contribution in [-0.4, -0.2) is 30.1 Å². The normalized spacial score (nSPS) is 12.7. The van der Waals surface area contributed by atoms with Crippen molar-refractivity contribution in [2.45, 2.75) is 25.8 Å². The van der Waals surface area contributed by atoms with Crippen LogP contribution in [-0.2, 0) is 12.8 Å². The van der Waals surface area contributed by atoms with E-state index in [4.69, 9.17) is 0 Å². The van der Waals surface area contributed by atoms with Crippen LogP contribution in [0.3, 0.4) is 0 Å². The number of nitrogens with zero attached hydrogens (tertiary/aromatic N) is 1. The molecule has 0 saturated heterocycles. The molecule has 1 N–H and O–H groups in total. The number of thioether (sulfide) groups is 1. The van der Waals surface area contributed by atoms with Crippen LogP contribution in [0.2, 0.25) is 0 Å². The summed E-state index contributed by atoms with van der Waals surface area (Å²) < 4.78 is 0. The van der Waals surface area contributed by atoms with E-state index in [0.717, 1.165) is 18.6 Å². The minimum absolute atomic E-state index is 0.528. The molecule has 1 heterocycles. The molecular formula is C12H20N2S. The maximum absolute atomic E-state index is 4.47. The van der Waals surface area contributed by atoms with Gasteiger partial charge in [-0.25, -0.2) is 0 Å². The number of aryl methyl sites for hydroxylation is 1. The summed E-state index contributed by atoms with van der Waals surface area (Å²) in [4.78, 5) is 4.47. The standard InChI is InChI=1S/C12H20N2S/c1-4-10-5-6-11(14-8-10)7-12(13-2)9-15-3/h5-6,8,12-13H,4,7,9H2,1-3H3. The molecule has 0 amide bonds. The van der Waals surface area contributed by atoms with Crippen molar-refractivity contribution >= 4 is 11.8 Å². The van der Waals surface area contributed by atoms with Crippen molar-refractivity contribution in [2.24, 2.45) is 0 Å². The van der Waals surface area contributed by atoms with Gasteiger partial charge in [0.2, 0.25) is 0 Å². The summed E-state index contributed by atoms with van der Waals surface area (Å²) in [6, 6.07) is 4.84. The second kappa shape index (κ2) is 6.85. The molecule has 84 valence electrons. The predicted octanol–water partition coefficient (Wildman–Crippen LogP) is 2.14. The van der Waals surface area contributed by atoms with Crippen LogP contribution in [0.5, 0.6) is 0 Å². The van der Waals surface area contributed by atoms with Crippen LogP contribution < -0.4 is 5.32 Å². The highest BCUT2D eigenvalue weighted by atomic mass is 32.2. The zero-order valence-electron chi connectivity index (χ0n) is 9.79. The Morgan fingerprint density at radius 2 is 2.27 bits per heavy atom. The van der Waals surface area contributed by atoms with Gasteiger partial charge in [-0.3, -0.25) is 4.98 Å². The van der Waals surface area contributed by atoms with Gasteiger partial charge in [-0.1, -0.05) is 13.0 Å². The fraction of sp³-hybridized carbons (Fsp3) is 0.583. The van der Waals surface area contributed by atoms with Crippen LogP contribution in [0.4, 0.5) is 0 Å². The summed E-state index contributed by atoms with van der Waals surface area (Å²) in [5.74, 6) is 1.13. The Kier molecular flexibility index (Phi) is 5.73. The maximum atomic E-state index is 4.47. The van der Waals surface area contributed by atoms with Crippen LogP contribution in [0.25, 0.3) is 0 Å². The Balaban J connectivity index is 2.55. The van der Waals surface area contributed by atoms with Gasteiger partial charge in [0.25, 0.3) is 0 Å². The average Bonchev–Trinajstić information content (AvgIpc) is 2.29. The first-order valence-corrected chi connectivity index (χ1v) is 6.79. The maximum Gasteiger partial charge on any atom is 0.0419 e. The highest BCUT2D eigenvalue weighted by Crippen LogP contribution is 2.06. The number of rotatable bonds is 6. The molecule has 0 spiro atoms. The fourth-order valence-electron chi connectivity index (χ4n) is 1.48. The predicted molar refractivity (Wildman–Crippen MR) is 68.5 cm³/mol. The lowest BCUT2D eigenvalue weighted by molar-refractivity contribution is 0.609. The lowest BCUT2D eigenvalue weighted by atomic mass is 10.1. The molecule has 1 unspecified atom stereocenters. The van der Waals surface area contributed by atoms with E-state index in [0.29, 0.717) is 6.04 Å². The lowest BCUT2D eigenvalue weighted by Crippen LogP contribution is -2.30. The summed E-state index contributed by atoms with van der Waals surface area (Å²) in [7, 11) is 2.02. The minimum atomic E-state index is 0.528. The summed E-state index contributed by atoms with van der Waals surface area (Å²) in [6.07, 6.45) is 6.20. The molecule has 15 heavy (non-hydrogen) atoms. The Morgan fingerprint density at radius 3 is 2.73 bits per heavy atom. The van der Waals surface area contributed by atoms with Gasteiger partial charge in [0, 0.05) is 30.1 Å². The molecule has 0 aromatic carbocycles. The monoisotopic (exact) mass is 224 g/mol. The second-order valence-electron chi connectivity index (χ2n) is 3.66. The average molecular weight is 224 g/mol. The van der Waals surface area contributed by atoms with E-state index in [1.807, 2.05) is 25.0 Å². The highest BCUT2D eigenvalue weighted by molar-refractivity contribution is 7.98. The van der Waals surface area contributed by atoms with Crippen LogP contribution >= 0.6 is 11.8 Å². The van der Waals surface area contributed by atoms with E-state index in [2.05, 4.69) is 35.6 Å². The van der Waals surface area contributed by atoms with Crippen molar-refractivity contribution in [1.82, 2.24) is 10.3 Å². The van der Waals surface area contributed by atoms with Crippen molar-refractivity contribution in [3.8, 4) is 0 Å². The first kappa shape index (κ1) is 12.5. The fourth-order valence-corrected chi connectivity index (χ4v) is 2.17. The first-order valence-electron chi connectivity index (χ1n) is 5.40. The number of pyridine rings is 1. The van der Waals surface area contributed by atoms with E-state index in [-0.39, 0.29) is 0 Å². The highest BCUT2D eigenvalue weighted by Gasteiger charge is 2.06. The molecular weight excluding hydrogens is 204 g/mol. The molecule has 0 aliphatic rings. The number of hydrogen-bond acceptors (Lipinski definition) is 3. The van der Waals surface area contributed by atoms with Crippen molar-refractivity contribution in [1.29, 1.82) is 0 Å². The van der Waals surface area contributed by atoms with Gasteiger partial charge in [-0.15, -0.1) is 0 Å². The van der Waals surface area contributed by atoms with Crippen LogP contribution in [0.1, 0.15) is 18.2 Å². The van der Waals surface area contributed by atoms with E-state index in [1.165, 1.54) is 11.3 Å². The molecule has 1 rings (SSSR count). The SMILES string of the molecule is CCc1ccc(CC(CSC)NC)nc1. The van der Waals surface area contributed by atoms with Crippen molar-refractivity contribution in [3.63, 3.8) is 0 Å². The summed E-state index contributed by atoms with van der Waals surface area (Å²) in [5.41, 5.74) is 2.49. The van der Waals surface area contributed by atoms with E-state index < -0.39 is 0 Å². The molecule has 2 nitrogen and oxygen atoms in total. The van der Waals surface area contributed by atoms with E-state index in [9.17, 15) is 0 Å². The summed E-state index contributed by atoms with van der Waals surface area (Å²) in [5, 5.41) is 3.32. The molecule has 0 aliphatic carbocycles. The molecule has 0 bridgehead atoms. The molecule has 0 fully saturated rings. The van der Waals surface area contributed by atoms with Gasteiger partial charge in [-0.05, 0) is 31.4 Å². The number of aromatic nitrogens is 1. The molecule has 3 heteroatoms. The zero-order chi connectivity index (χ0) is 11.1. The van der Waals surface area contributed by atoms with Gasteiger partial charge < -0.3 is 5.32 Å². The van der Waals surface area contributed by atoms with E-state index >= 15 is 0 Å². The Morgan fingerprint density at radius 1 is 1.47 bits per heavy atom. The molecule has 0 aliphatic heterocycles. The Labute approximate surface area is 96.9 Å². The number of hydrogen-bond donors (Lipinski definition) is 1. The lowest BCUT2D eigenvalue weighted by Gasteiger charge is -2.14. The quantitative estimate of drug-likeness (QED) is 0.801. The molecule has 1 aromatic heterocycles. The smallest absolute Gasteiger partial charge is 0.0419 e. The second-order valence-corrected chi connectivity index (χ2v) is 4.57. The third-order valence-corrected chi connectivity index (χ3v) is 3.26. The third kappa shape index (κ3) is 4.22. The Bertz CT molecular complexity index is 271. The summed E-state index contributed by atoms with van der Waals surface area (Å²) in [6.45, 7) is 2.15. The topological polar surface area (TPSA) is 24.9 Å². The largest absolute Gasteiger partial charge is 0.316 e. The van der Waals surface area contributed by atoms with Crippen molar-refractivity contribution in [3.05, 3.63) is 29.6 Å². The van der Waals surface area contributed by atoms with E-state index in [1.54, 1.807) is 0 Å². The van der Waals surface area contributed by atoms with Crippen molar-refractivity contribution in [2.75, 3.05) is 19.1 Å². The molecule has 0 saturated carbocycles. The molecule has 1 aromatic rings. The molecule has 0 radical (unpaired) electrons. The van der Waals surface area contributed by atoms with Crippen molar-refractivity contribution < 1.29 is 0 Å². The van der Waals surface area contributed by atoms with Gasteiger partial charge in [-0.2, -0.15) is 11.8 Å². The van der Waals surface area contributed by atoms with Crippen LogP contribution in [0.15, 0.2) is 18.3 Å². The third-order valence-electron chi connectivity index (χ3n) is 2.53. The van der Waals surface area contributed by atoms with Crippen LogP contribution in [0, 0.1) is 0 Å². The number of nitrogens with one attached hydrogen (secondary N) is 1.